The van der Waals surface area contributed by atoms with Crippen LogP contribution in [-0.2, 0) is 0 Å². The number of hydrogen-bond acceptors (Lipinski definition) is 4. The quantitative estimate of drug-likeness (QED) is 0.112. The van der Waals surface area contributed by atoms with Gasteiger partial charge in [0.2, 0.25) is 0 Å². The molecule has 4 heterocycles. The Morgan fingerprint density at radius 3 is 0.853 bits per heavy atom. The molecule has 24 aromatic rings. The fraction of sp³-hybridized carbons (Fsp3) is 0. The number of fused-ring (bicyclic) bond motifs is 16. The van der Waals surface area contributed by atoms with Crippen molar-refractivity contribution in [3.05, 3.63) is 413 Å². The summed E-state index contributed by atoms with van der Waals surface area (Å²) >= 11 is 0. The van der Waals surface area contributed by atoms with E-state index in [9.17, 15) is 0 Å². The molecule has 0 atom stereocenters. The van der Waals surface area contributed by atoms with Crippen molar-refractivity contribution >= 4 is 152 Å². The number of benzene rings is 20. The molecule has 4 nitrogen and oxygen atoms in total. The predicted octanol–water partition coefficient (Wildman–Crippen LogP) is 30.4. The SMILES string of the molecule is c1ccc(-c2c3ccccc3nc3c2ccc2ccc(-c4ccc(-c5c6ccccc6c(-c6ccc7ccccc7c6)c6ccccc56)c5ccccc45)nc23)cc1.c1ccc(-c2c3ccccc3nc3c2ccc2ccc(-c4ccc5cc(-c6c7ccccc7c(-c7ccc8ccccc8c7)c7ccccc67)ccc5c4)nc23)cc1. The minimum Gasteiger partial charge on any atom is -0.245 e. The van der Waals surface area contributed by atoms with Crippen LogP contribution in [0.4, 0.5) is 0 Å². The van der Waals surface area contributed by atoms with E-state index in [2.05, 4.69) is 413 Å². The summed E-state index contributed by atoms with van der Waals surface area (Å²) in [6.07, 6.45) is 0. The van der Waals surface area contributed by atoms with Gasteiger partial charge in [0.05, 0.1) is 44.5 Å². The van der Waals surface area contributed by atoms with Crippen molar-refractivity contribution in [3.8, 4) is 89.3 Å². The summed E-state index contributed by atoms with van der Waals surface area (Å²) in [4.78, 5) is 21.3. The van der Waals surface area contributed by atoms with Crippen LogP contribution in [0.15, 0.2) is 413 Å². The lowest BCUT2D eigenvalue weighted by atomic mass is 9.84. The van der Waals surface area contributed by atoms with Crippen LogP contribution in [0.2, 0.25) is 0 Å². The van der Waals surface area contributed by atoms with E-state index in [-0.39, 0.29) is 0 Å². The monoisotopic (exact) mass is 1470 g/mol. The second kappa shape index (κ2) is 27.2. The van der Waals surface area contributed by atoms with Crippen LogP contribution in [0.5, 0.6) is 0 Å². The maximum absolute atomic E-state index is 5.47. The molecule has 0 aliphatic heterocycles. The molecule has 0 spiro atoms. The average Bonchev–Trinajstić information content (AvgIpc) is 0.739. The maximum atomic E-state index is 5.47. The lowest BCUT2D eigenvalue weighted by Gasteiger charge is -2.20. The first kappa shape index (κ1) is 66.4. The minimum absolute atomic E-state index is 0.910. The van der Waals surface area contributed by atoms with E-state index >= 15 is 0 Å². The molecule has 20 aromatic carbocycles. The molecule has 24 rings (SSSR count). The fourth-order valence-electron chi connectivity index (χ4n) is 18.7. The molecular formula is C112H68N4. The molecule has 0 saturated heterocycles. The Kier molecular flexibility index (Phi) is 15.6. The van der Waals surface area contributed by atoms with Gasteiger partial charge in [-0.15, -0.1) is 0 Å². The molecule has 0 unspecified atom stereocenters. The molecule has 4 aromatic heterocycles. The number of para-hydroxylation sites is 2. The second-order valence-electron chi connectivity index (χ2n) is 30.5. The highest BCUT2D eigenvalue weighted by molar-refractivity contribution is 6.26. The van der Waals surface area contributed by atoms with Crippen LogP contribution in [0.3, 0.4) is 0 Å². The second-order valence-corrected chi connectivity index (χ2v) is 30.5. The van der Waals surface area contributed by atoms with E-state index in [1.807, 2.05) is 0 Å². The summed E-state index contributed by atoms with van der Waals surface area (Å²) in [5, 5.41) is 26.4. The van der Waals surface area contributed by atoms with Crippen molar-refractivity contribution in [2.24, 2.45) is 0 Å². The van der Waals surface area contributed by atoms with Crippen molar-refractivity contribution in [3.63, 3.8) is 0 Å². The predicted molar refractivity (Wildman–Crippen MR) is 493 cm³/mol. The lowest BCUT2D eigenvalue weighted by Crippen LogP contribution is -1.94. The van der Waals surface area contributed by atoms with Crippen molar-refractivity contribution in [2.75, 3.05) is 0 Å². The first-order valence-electron chi connectivity index (χ1n) is 39.8. The fourth-order valence-corrected chi connectivity index (χ4v) is 18.7. The van der Waals surface area contributed by atoms with Crippen molar-refractivity contribution in [1.29, 1.82) is 0 Å². The van der Waals surface area contributed by atoms with Crippen LogP contribution >= 0.6 is 0 Å². The number of nitrogens with zero attached hydrogens (tertiary/aromatic N) is 4. The van der Waals surface area contributed by atoms with E-state index in [1.165, 1.54) is 153 Å². The average molecular weight is 1470 g/mol. The zero-order chi connectivity index (χ0) is 76.3. The summed E-state index contributed by atoms with van der Waals surface area (Å²) in [5.74, 6) is 0. The van der Waals surface area contributed by atoms with E-state index < -0.39 is 0 Å². The smallest absolute Gasteiger partial charge is 0.0978 e. The first-order chi connectivity index (χ1) is 57.5. The molecule has 0 aliphatic rings. The molecule has 0 bridgehead atoms. The zero-order valence-corrected chi connectivity index (χ0v) is 63.0. The third-order valence-corrected chi connectivity index (χ3v) is 24.0. The number of rotatable bonds is 8. The van der Waals surface area contributed by atoms with Gasteiger partial charge >= 0.3 is 0 Å². The van der Waals surface area contributed by atoms with Crippen molar-refractivity contribution < 1.29 is 0 Å². The molecule has 116 heavy (non-hydrogen) atoms. The van der Waals surface area contributed by atoms with E-state index in [4.69, 9.17) is 19.9 Å². The van der Waals surface area contributed by atoms with Gasteiger partial charge in [-0.1, -0.05) is 364 Å². The van der Waals surface area contributed by atoms with Crippen molar-refractivity contribution in [1.82, 2.24) is 19.9 Å². The normalized spacial score (nSPS) is 11.8. The van der Waals surface area contributed by atoms with Crippen LogP contribution in [0.25, 0.3) is 241 Å². The highest BCUT2D eigenvalue weighted by Crippen LogP contribution is 2.50. The van der Waals surface area contributed by atoms with Gasteiger partial charge in [-0.25, -0.2) is 19.9 Å². The molecule has 536 valence electrons. The molecular weight excluding hydrogens is 1400 g/mol. The maximum Gasteiger partial charge on any atom is 0.0978 e. The Bertz CT molecular complexity index is 8100. The first-order valence-corrected chi connectivity index (χ1v) is 39.8. The third kappa shape index (κ3) is 11.0. The summed E-state index contributed by atoms with van der Waals surface area (Å²) in [6.45, 7) is 0. The highest BCUT2D eigenvalue weighted by atomic mass is 14.8. The Morgan fingerprint density at radius 1 is 0.129 bits per heavy atom. The van der Waals surface area contributed by atoms with Crippen LogP contribution in [0, 0.1) is 0 Å². The van der Waals surface area contributed by atoms with Gasteiger partial charge in [0.15, 0.2) is 0 Å². The number of hydrogen-bond donors (Lipinski definition) is 0. The van der Waals surface area contributed by atoms with Gasteiger partial charge in [-0.3, -0.25) is 0 Å². The van der Waals surface area contributed by atoms with Gasteiger partial charge in [-0.2, -0.15) is 0 Å². The van der Waals surface area contributed by atoms with Gasteiger partial charge in [0, 0.05) is 54.6 Å². The number of aromatic nitrogens is 4. The van der Waals surface area contributed by atoms with E-state index in [0.29, 0.717) is 0 Å². The Hall–Kier alpha value is -15.4. The van der Waals surface area contributed by atoms with Gasteiger partial charge in [-0.05, 0) is 190 Å². The minimum atomic E-state index is 0.910. The van der Waals surface area contributed by atoms with Crippen molar-refractivity contribution in [2.45, 2.75) is 0 Å². The summed E-state index contributed by atoms with van der Waals surface area (Å²) < 4.78 is 0. The van der Waals surface area contributed by atoms with Crippen LogP contribution in [-0.4, -0.2) is 19.9 Å². The molecule has 4 heteroatoms. The molecule has 0 N–H and O–H groups in total. The molecule has 0 fully saturated rings. The van der Waals surface area contributed by atoms with E-state index in [0.717, 1.165) is 87.9 Å². The van der Waals surface area contributed by atoms with E-state index in [1.54, 1.807) is 0 Å². The molecule has 0 radical (unpaired) electrons. The van der Waals surface area contributed by atoms with Gasteiger partial charge in [0.25, 0.3) is 0 Å². The van der Waals surface area contributed by atoms with Gasteiger partial charge < -0.3 is 0 Å². The van der Waals surface area contributed by atoms with Crippen LogP contribution < -0.4 is 0 Å². The topological polar surface area (TPSA) is 51.6 Å². The number of pyridine rings is 4. The highest BCUT2D eigenvalue weighted by Gasteiger charge is 2.24. The molecule has 0 saturated carbocycles. The largest absolute Gasteiger partial charge is 0.245 e. The third-order valence-electron chi connectivity index (χ3n) is 24.0. The Balaban J connectivity index is 0.000000137. The van der Waals surface area contributed by atoms with Gasteiger partial charge in [0.1, 0.15) is 0 Å². The Labute approximate surface area is 668 Å². The Morgan fingerprint density at radius 2 is 0.414 bits per heavy atom. The summed E-state index contributed by atoms with van der Waals surface area (Å²) in [5.41, 5.74) is 24.3. The van der Waals surface area contributed by atoms with Crippen LogP contribution in [0.1, 0.15) is 0 Å². The summed E-state index contributed by atoms with van der Waals surface area (Å²) in [6, 6.07) is 149. The lowest BCUT2D eigenvalue weighted by molar-refractivity contribution is 1.39. The molecule has 0 amide bonds. The zero-order valence-electron chi connectivity index (χ0n) is 63.0. The standard InChI is InChI=1S/2C56H34N2/c1-2-13-36(14-3-1)52-48-20-10-11-21-51(48)58-56-49(52)30-28-37-29-31-50(57-55(37)56)41-25-23-40-34-43(27-24-39(40)32-41)54-46-18-8-6-16-44(46)53(45-17-7-9-19-47(45)54)42-26-22-35-12-4-5-15-38(35)33-42;1-2-15-36(16-3-1)52-48-24-12-13-25-50(48)58-56-49(52)30-28-37-29-33-51(57-55(37)56)42-31-32-47(41-19-7-6-18-40(41)42)54-45-22-10-8-20-43(45)53(44-21-9-11-23-46(44)54)39-27-26-35-14-4-5-17-38(35)34-39/h2*1-34H. The summed E-state index contributed by atoms with van der Waals surface area (Å²) in [7, 11) is 0. The molecule has 0 aliphatic carbocycles.